The van der Waals surface area contributed by atoms with Crippen LogP contribution in [-0.4, -0.2) is 15.9 Å². The normalized spacial score (nSPS) is 9.93. The maximum atomic E-state index is 13.1. The molecule has 2 aromatic rings. The van der Waals surface area contributed by atoms with E-state index < -0.39 is 11.8 Å². The molecule has 0 spiro atoms. The average Bonchev–Trinajstić information content (AvgIpc) is 2.71. The summed E-state index contributed by atoms with van der Waals surface area (Å²) in [5.74, 6) is -1.18. The zero-order chi connectivity index (χ0) is 10.7. The van der Waals surface area contributed by atoms with Crippen molar-refractivity contribution in [2.45, 2.75) is 0 Å². The molecule has 0 saturated heterocycles. The van der Waals surface area contributed by atoms with Gasteiger partial charge in [0.1, 0.15) is 5.82 Å². The number of nitrogens with one attached hydrogen (secondary N) is 1. The van der Waals surface area contributed by atoms with Crippen LogP contribution in [-0.2, 0) is 0 Å². The number of carbonyl (C=O) groups excluding carboxylic acids is 1. The molecule has 4 nitrogen and oxygen atoms in total. The monoisotopic (exact) mass is 206 g/mol. The molecule has 15 heavy (non-hydrogen) atoms. The van der Waals surface area contributed by atoms with E-state index in [0.29, 0.717) is 0 Å². The van der Waals surface area contributed by atoms with Gasteiger partial charge in [0, 0.05) is 0 Å². The minimum atomic E-state index is -0.752. The van der Waals surface area contributed by atoms with E-state index in [1.807, 2.05) is 0 Å². The van der Waals surface area contributed by atoms with Gasteiger partial charge in [0.05, 0.1) is 18.1 Å². The SMILES string of the molecule is O=C(Oc1cnc[nH]1)c1ccccc1F. The lowest BCUT2D eigenvalue weighted by Crippen LogP contribution is -2.10. The van der Waals surface area contributed by atoms with Gasteiger partial charge in [-0.15, -0.1) is 0 Å². The molecule has 0 aliphatic rings. The summed E-state index contributed by atoms with van der Waals surface area (Å²) in [4.78, 5) is 17.7. The van der Waals surface area contributed by atoms with Crippen LogP contribution in [0.3, 0.4) is 0 Å². The molecular weight excluding hydrogens is 199 g/mol. The number of hydrogen-bond donors (Lipinski definition) is 1. The standard InChI is InChI=1S/C10H7FN2O2/c11-8-4-2-1-3-7(8)10(14)15-9-5-12-6-13-9/h1-6H,(H,12,13). The minimum Gasteiger partial charge on any atom is -0.404 e. The highest BCUT2D eigenvalue weighted by Crippen LogP contribution is 2.10. The van der Waals surface area contributed by atoms with Crippen molar-refractivity contribution >= 4 is 5.97 Å². The smallest absolute Gasteiger partial charge is 0.347 e. The molecule has 0 aliphatic heterocycles. The molecule has 0 bridgehead atoms. The topological polar surface area (TPSA) is 55.0 Å². The molecule has 0 saturated carbocycles. The van der Waals surface area contributed by atoms with Crippen LogP contribution in [0.2, 0.25) is 0 Å². The van der Waals surface area contributed by atoms with Crippen LogP contribution in [0.4, 0.5) is 4.39 Å². The first kappa shape index (κ1) is 9.39. The van der Waals surface area contributed by atoms with Crippen LogP contribution in [0.1, 0.15) is 10.4 Å². The van der Waals surface area contributed by atoms with E-state index in [1.54, 1.807) is 6.07 Å². The highest BCUT2D eigenvalue weighted by Gasteiger charge is 2.13. The zero-order valence-corrected chi connectivity index (χ0v) is 7.61. The van der Waals surface area contributed by atoms with E-state index in [9.17, 15) is 9.18 Å². The number of benzene rings is 1. The molecular formula is C10H7FN2O2. The molecule has 1 heterocycles. The van der Waals surface area contributed by atoms with Crippen LogP contribution < -0.4 is 4.74 Å². The predicted molar refractivity (Wildman–Crippen MR) is 49.9 cm³/mol. The maximum absolute atomic E-state index is 13.1. The van der Waals surface area contributed by atoms with Crippen molar-refractivity contribution < 1.29 is 13.9 Å². The zero-order valence-electron chi connectivity index (χ0n) is 7.61. The third-order valence-corrected chi connectivity index (χ3v) is 1.77. The van der Waals surface area contributed by atoms with Crippen LogP contribution in [0, 0.1) is 5.82 Å². The highest BCUT2D eigenvalue weighted by atomic mass is 19.1. The molecule has 2 rings (SSSR count). The van der Waals surface area contributed by atoms with Crippen molar-refractivity contribution in [2.75, 3.05) is 0 Å². The fraction of sp³-hybridized carbons (Fsp3) is 0. The van der Waals surface area contributed by atoms with Gasteiger partial charge in [0.2, 0.25) is 5.88 Å². The Hall–Kier alpha value is -2.17. The summed E-state index contributed by atoms with van der Waals surface area (Å²) in [6.07, 6.45) is 2.70. The number of ether oxygens (including phenoxy) is 1. The summed E-state index contributed by atoms with van der Waals surface area (Å²) in [6.45, 7) is 0. The van der Waals surface area contributed by atoms with E-state index in [1.165, 1.54) is 30.7 Å². The Bertz CT molecular complexity index is 468. The molecule has 76 valence electrons. The van der Waals surface area contributed by atoms with Gasteiger partial charge < -0.3 is 9.72 Å². The number of rotatable bonds is 2. The lowest BCUT2D eigenvalue weighted by Gasteiger charge is -2.01. The molecule has 5 heteroatoms. The molecule has 1 aromatic heterocycles. The van der Waals surface area contributed by atoms with Crippen molar-refractivity contribution in [3.8, 4) is 5.88 Å². The van der Waals surface area contributed by atoms with Crippen molar-refractivity contribution in [1.82, 2.24) is 9.97 Å². The summed E-state index contributed by atoms with van der Waals surface area (Å²) >= 11 is 0. The van der Waals surface area contributed by atoms with Gasteiger partial charge in [-0.05, 0) is 12.1 Å². The van der Waals surface area contributed by atoms with Crippen molar-refractivity contribution in [2.24, 2.45) is 0 Å². The van der Waals surface area contributed by atoms with Gasteiger partial charge in [0.25, 0.3) is 0 Å². The number of halogens is 1. The molecule has 0 radical (unpaired) electrons. The van der Waals surface area contributed by atoms with Gasteiger partial charge in [-0.1, -0.05) is 12.1 Å². The number of imidazole rings is 1. The maximum Gasteiger partial charge on any atom is 0.347 e. The number of hydrogen-bond acceptors (Lipinski definition) is 3. The van der Waals surface area contributed by atoms with E-state index in [-0.39, 0.29) is 11.4 Å². The van der Waals surface area contributed by atoms with Gasteiger partial charge in [-0.25, -0.2) is 14.2 Å². The van der Waals surface area contributed by atoms with Gasteiger partial charge in [0.15, 0.2) is 0 Å². The Balaban J connectivity index is 2.19. The number of aromatic nitrogens is 2. The molecule has 0 fully saturated rings. The Morgan fingerprint density at radius 1 is 1.40 bits per heavy atom. The van der Waals surface area contributed by atoms with E-state index in [0.717, 1.165) is 0 Å². The quantitative estimate of drug-likeness (QED) is 0.762. The number of esters is 1. The number of H-pyrrole nitrogens is 1. The lowest BCUT2D eigenvalue weighted by atomic mass is 10.2. The third kappa shape index (κ3) is 2.01. The van der Waals surface area contributed by atoms with Gasteiger partial charge >= 0.3 is 5.97 Å². The molecule has 1 aromatic carbocycles. The number of carbonyl (C=O) groups is 1. The van der Waals surface area contributed by atoms with Crippen LogP contribution in [0.5, 0.6) is 5.88 Å². The Morgan fingerprint density at radius 3 is 2.87 bits per heavy atom. The van der Waals surface area contributed by atoms with Crippen molar-refractivity contribution in [1.29, 1.82) is 0 Å². The molecule has 1 N–H and O–H groups in total. The molecule has 0 atom stereocenters. The summed E-state index contributed by atoms with van der Waals surface area (Å²) in [5, 5.41) is 0. The van der Waals surface area contributed by atoms with Gasteiger partial charge in [-0.2, -0.15) is 0 Å². The van der Waals surface area contributed by atoms with E-state index >= 15 is 0 Å². The third-order valence-electron chi connectivity index (χ3n) is 1.77. The Morgan fingerprint density at radius 2 is 2.20 bits per heavy atom. The van der Waals surface area contributed by atoms with Crippen LogP contribution in [0.25, 0.3) is 0 Å². The fourth-order valence-electron chi connectivity index (χ4n) is 1.08. The largest absolute Gasteiger partial charge is 0.404 e. The van der Waals surface area contributed by atoms with Crippen molar-refractivity contribution in [3.63, 3.8) is 0 Å². The van der Waals surface area contributed by atoms with Crippen LogP contribution >= 0.6 is 0 Å². The second-order valence-electron chi connectivity index (χ2n) is 2.79. The molecule has 0 unspecified atom stereocenters. The lowest BCUT2D eigenvalue weighted by molar-refractivity contribution is 0.0723. The first-order valence-corrected chi connectivity index (χ1v) is 4.22. The second kappa shape index (κ2) is 3.91. The minimum absolute atomic E-state index is 0.105. The Kier molecular flexibility index (Phi) is 2.45. The second-order valence-corrected chi connectivity index (χ2v) is 2.79. The molecule has 0 amide bonds. The van der Waals surface area contributed by atoms with Crippen molar-refractivity contribution in [3.05, 3.63) is 48.2 Å². The first-order chi connectivity index (χ1) is 7.27. The summed E-state index contributed by atoms with van der Waals surface area (Å²) in [5.41, 5.74) is -0.105. The number of aromatic amines is 1. The van der Waals surface area contributed by atoms with Gasteiger partial charge in [-0.3, -0.25) is 0 Å². The van der Waals surface area contributed by atoms with Crippen LogP contribution in [0.15, 0.2) is 36.8 Å². The average molecular weight is 206 g/mol. The summed E-state index contributed by atoms with van der Waals surface area (Å²) < 4.78 is 18.0. The summed E-state index contributed by atoms with van der Waals surface area (Å²) in [7, 11) is 0. The predicted octanol–water partition coefficient (Wildman–Crippen LogP) is 1.77. The number of nitrogens with zero attached hydrogens (tertiary/aromatic N) is 1. The first-order valence-electron chi connectivity index (χ1n) is 4.22. The van der Waals surface area contributed by atoms with E-state index in [4.69, 9.17) is 4.74 Å². The summed E-state index contributed by atoms with van der Waals surface area (Å²) in [6, 6.07) is 5.62. The molecule has 0 aliphatic carbocycles. The Labute approximate surface area is 84.7 Å². The highest BCUT2D eigenvalue weighted by molar-refractivity contribution is 5.91. The van der Waals surface area contributed by atoms with E-state index in [2.05, 4.69) is 9.97 Å². The fourth-order valence-corrected chi connectivity index (χ4v) is 1.08.